The molecular formula is C14H17N3O2S. The number of pyridine rings is 1. The molecule has 3 N–H and O–H groups in total. The van der Waals surface area contributed by atoms with Gasteiger partial charge in [0.05, 0.1) is 5.52 Å². The lowest BCUT2D eigenvalue weighted by atomic mass is 10.2. The number of nitrogens with two attached hydrogens (primary N) is 1. The van der Waals surface area contributed by atoms with E-state index >= 15 is 0 Å². The number of benzene rings is 1. The topological polar surface area (TPSA) is 85.1 Å². The van der Waals surface area contributed by atoms with Gasteiger partial charge in [0, 0.05) is 23.3 Å². The van der Waals surface area contributed by atoms with Crippen molar-refractivity contribution < 1.29 is 8.42 Å². The largest absolute Gasteiger partial charge is 0.398 e. The zero-order valence-corrected chi connectivity index (χ0v) is 12.0. The molecule has 0 saturated heterocycles. The molecule has 1 saturated carbocycles. The van der Waals surface area contributed by atoms with E-state index in [1.807, 2.05) is 6.92 Å². The van der Waals surface area contributed by atoms with Gasteiger partial charge < -0.3 is 5.73 Å². The van der Waals surface area contributed by atoms with Gasteiger partial charge in [0.2, 0.25) is 10.0 Å². The summed E-state index contributed by atoms with van der Waals surface area (Å²) < 4.78 is 27.8. The van der Waals surface area contributed by atoms with Gasteiger partial charge >= 0.3 is 0 Å². The molecule has 3 rings (SSSR count). The van der Waals surface area contributed by atoms with Gasteiger partial charge in [-0.25, -0.2) is 13.1 Å². The second kappa shape index (κ2) is 4.71. The molecule has 1 fully saturated rings. The maximum absolute atomic E-state index is 12.5. The average Bonchev–Trinajstić information content (AvgIpc) is 3.23. The third kappa shape index (κ3) is 2.36. The van der Waals surface area contributed by atoms with Crippen LogP contribution in [0.4, 0.5) is 5.69 Å². The Labute approximate surface area is 118 Å². The van der Waals surface area contributed by atoms with E-state index in [2.05, 4.69) is 9.71 Å². The lowest BCUT2D eigenvalue weighted by Crippen LogP contribution is -2.34. The van der Waals surface area contributed by atoms with Crippen molar-refractivity contribution in [3.8, 4) is 0 Å². The van der Waals surface area contributed by atoms with Crippen molar-refractivity contribution in [2.45, 2.75) is 30.7 Å². The van der Waals surface area contributed by atoms with Crippen LogP contribution < -0.4 is 10.5 Å². The number of nitrogen functional groups attached to an aromatic ring is 1. The first-order valence-electron chi connectivity index (χ1n) is 6.64. The highest BCUT2D eigenvalue weighted by molar-refractivity contribution is 7.89. The van der Waals surface area contributed by atoms with E-state index < -0.39 is 10.0 Å². The Hall–Kier alpha value is -1.66. The number of aromatic nitrogens is 1. The second-order valence-electron chi connectivity index (χ2n) is 5.30. The average molecular weight is 291 g/mol. The molecule has 0 amide bonds. The molecule has 106 valence electrons. The zero-order valence-electron chi connectivity index (χ0n) is 11.2. The summed E-state index contributed by atoms with van der Waals surface area (Å²) in [4.78, 5) is 4.37. The van der Waals surface area contributed by atoms with Crippen LogP contribution in [-0.2, 0) is 10.0 Å². The van der Waals surface area contributed by atoms with Gasteiger partial charge in [-0.2, -0.15) is 0 Å². The molecule has 0 radical (unpaired) electrons. The van der Waals surface area contributed by atoms with Crippen LogP contribution in [-0.4, -0.2) is 19.4 Å². The lowest BCUT2D eigenvalue weighted by Gasteiger charge is -2.14. The molecule has 2 aromatic rings. The van der Waals surface area contributed by atoms with Crippen molar-refractivity contribution in [3.63, 3.8) is 0 Å². The number of nitrogens with one attached hydrogen (secondary N) is 1. The fraction of sp³-hybridized carbons (Fsp3) is 0.357. The van der Waals surface area contributed by atoms with Gasteiger partial charge in [0.15, 0.2) is 0 Å². The summed E-state index contributed by atoms with van der Waals surface area (Å²) in [5.74, 6) is 0.456. The Morgan fingerprint density at radius 3 is 2.80 bits per heavy atom. The fourth-order valence-electron chi connectivity index (χ4n) is 2.39. The van der Waals surface area contributed by atoms with Crippen molar-refractivity contribution in [1.82, 2.24) is 9.71 Å². The van der Waals surface area contributed by atoms with Gasteiger partial charge in [-0.05, 0) is 49.9 Å². The molecule has 0 spiro atoms. The minimum Gasteiger partial charge on any atom is -0.398 e. The minimum atomic E-state index is -3.58. The van der Waals surface area contributed by atoms with Crippen LogP contribution in [0.15, 0.2) is 35.4 Å². The first-order valence-corrected chi connectivity index (χ1v) is 8.13. The smallest absolute Gasteiger partial charge is 0.242 e. The predicted octanol–water partition coefficient (Wildman–Crippen LogP) is 1.89. The van der Waals surface area contributed by atoms with E-state index in [1.165, 1.54) is 6.07 Å². The Kier molecular flexibility index (Phi) is 3.14. The highest BCUT2D eigenvalue weighted by Gasteiger charge is 2.31. The summed E-state index contributed by atoms with van der Waals surface area (Å²) >= 11 is 0. The summed E-state index contributed by atoms with van der Waals surface area (Å²) in [7, 11) is -3.58. The maximum atomic E-state index is 12.5. The number of hydrogen-bond donors (Lipinski definition) is 2. The number of rotatable bonds is 4. The summed E-state index contributed by atoms with van der Waals surface area (Å²) in [5, 5.41) is 0.662. The number of fused-ring (bicyclic) bond motifs is 1. The standard InChI is InChI=1S/C14H17N3O2S/c1-9(10-4-5-10)17-20(18,19)13-7-6-12(15)11-3-2-8-16-14(11)13/h2-3,6-10,17H,4-5,15H2,1H3. The van der Waals surface area contributed by atoms with E-state index in [1.54, 1.807) is 24.4 Å². The lowest BCUT2D eigenvalue weighted by molar-refractivity contribution is 0.538. The van der Waals surface area contributed by atoms with E-state index in [0.717, 1.165) is 12.8 Å². The SMILES string of the molecule is CC(NS(=O)(=O)c1ccc(N)c2cccnc12)C1CC1. The first kappa shape index (κ1) is 13.3. The Morgan fingerprint density at radius 1 is 1.35 bits per heavy atom. The third-order valence-electron chi connectivity index (χ3n) is 3.73. The van der Waals surface area contributed by atoms with E-state index in [4.69, 9.17) is 5.73 Å². The second-order valence-corrected chi connectivity index (χ2v) is 6.98. The van der Waals surface area contributed by atoms with E-state index in [0.29, 0.717) is 22.5 Å². The van der Waals surface area contributed by atoms with Crippen LogP contribution in [0.1, 0.15) is 19.8 Å². The highest BCUT2D eigenvalue weighted by atomic mass is 32.2. The molecule has 5 nitrogen and oxygen atoms in total. The molecule has 1 unspecified atom stereocenters. The summed E-state index contributed by atoms with van der Waals surface area (Å²) in [6.07, 6.45) is 3.75. The maximum Gasteiger partial charge on any atom is 0.242 e. The third-order valence-corrected chi connectivity index (χ3v) is 5.32. The molecule has 1 heterocycles. The Balaban J connectivity index is 2.07. The Bertz CT molecular complexity index is 754. The van der Waals surface area contributed by atoms with Crippen molar-refractivity contribution in [1.29, 1.82) is 0 Å². The summed E-state index contributed by atoms with van der Waals surface area (Å²) in [5.41, 5.74) is 6.82. The van der Waals surface area contributed by atoms with Gasteiger partial charge in [0.1, 0.15) is 4.90 Å². The predicted molar refractivity (Wildman–Crippen MR) is 78.7 cm³/mol. The molecule has 1 aromatic carbocycles. The molecule has 20 heavy (non-hydrogen) atoms. The molecule has 0 bridgehead atoms. The highest BCUT2D eigenvalue weighted by Crippen LogP contribution is 2.33. The first-order chi connectivity index (χ1) is 9.49. The van der Waals surface area contributed by atoms with Gasteiger partial charge in [-0.3, -0.25) is 4.98 Å². The van der Waals surface area contributed by atoms with E-state index in [9.17, 15) is 8.42 Å². The number of sulfonamides is 1. The van der Waals surface area contributed by atoms with Crippen molar-refractivity contribution >= 4 is 26.6 Å². The Morgan fingerprint density at radius 2 is 2.10 bits per heavy atom. The van der Waals surface area contributed by atoms with Crippen LogP contribution in [0.25, 0.3) is 10.9 Å². The molecule has 1 aromatic heterocycles. The molecule has 6 heteroatoms. The molecule has 1 aliphatic rings. The molecular weight excluding hydrogens is 274 g/mol. The van der Waals surface area contributed by atoms with E-state index in [-0.39, 0.29) is 10.9 Å². The molecule has 0 aliphatic heterocycles. The van der Waals surface area contributed by atoms with Crippen molar-refractivity contribution in [3.05, 3.63) is 30.5 Å². The van der Waals surface area contributed by atoms with Crippen molar-refractivity contribution in [2.24, 2.45) is 5.92 Å². The van der Waals surface area contributed by atoms with Crippen LogP contribution >= 0.6 is 0 Å². The quantitative estimate of drug-likeness (QED) is 0.842. The number of hydrogen-bond acceptors (Lipinski definition) is 4. The van der Waals surface area contributed by atoms with Gasteiger partial charge in [0.25, 0.3) is 0 Å². The number of anilines is 1. The van der Waals surface area contributed by atoms with Crippen molar-refractivity contribution in [2.75, 3.05) is 5.73 Å². The van der Waals surface area contributed by atoms with Crippen LogP contribution in [0.5, 0.6) is 0 Å². The summed E-state index contributed by atoms with van der Waals surface area (Å²) in [6.45, 7) is 1.90. The monoisotopic (exact) mass is 291 g/mol. The minimum absolute atomic E-state index is 0.0451. The zero-order chi connectivity index (χ0) is 14.3. The van der Waals surface area contributed by atoms with Crippen LogP contribution in [0.3, 0.4) is 0 Å². The van der Waals surface area contributed by atoms with Gasteiger partial charge in [-0.1, -0.05) is 0 Å². The van der Waals surface area contributed by atoms with Crippen LogP contribution in [0, 0.1) is 5.92 Å². The number of nitrogens with zero attached hydrogens (tertiary/aromatic N) is 1. The summed E-state index contributed by atoms with van der Waals surface area (Å²) in [6, 6.07) is 6.61. The molecule has 1 atom stereocenters. The van der Waals surface area contributed by atoms with Crippen LogP contribution in [0.2, 0.25) is 0 Å². The fourth-order valence-corrected chi connectivity index (χ4v) is 3.86. The normalized spacial score (nSPS) is 17.2. The van der Waals surface area contributed by atoms with Gasteiger partial charge in [-0.15, -0.1) is 0 Å². The molecule has 1 aliphatic carbocycles.